The van der Waals surface area contributed by atoms with Crippen molar-refractivity contribution in [2.45, 2.75) is 25.9 Å². The van der Waals surface area contributed by atoms with Gasteiger partial charge in [0.05, 0.1) is 16.7 Å². The molecule has 0 radical (unpaired) electrons. The summed E-state index contributed by atoms with van der Waals surface area (Å²) >= 11 is 0. The van der Waals surface area contributed by atoms with Gasteiger partial charge in [-0.1, -0.05) is 30.3 Å². The minimum atomic E-state index is -0.598. The van der Waals surface area contributed by atoms with E-state index in [1.807, 2.05) is 24.3 Å². The van der Waals surface area contributed by atoms with Crippen molar-refractivity contribution in [2.75, 3.05) is 16.8 Å². The van der Waals surface area contributed by atoms with Crippen LogP contribution in [0.1, 0.15) is 24.7 Å². The number of aromatic nitrogens is 2. The summed E-state index contributed by atoms with van der Waals surface area (Å²) < 4.78 is 19.6. The van der Waals surface area contributed by atoms with Crippen molar-refractivity contribution in [2.24, 2.45) is 0 Å². The average molecular weight is 458 g/mol. The van der Waals surface area contributed by atoms with Gasteiger partial charge < -0.3 is 19.9 Å². The topological polar surface area (TPSA) is 87.3 Å². The number of para-hydroxylation sites is 2. The lowest BCUT2D eigenvalue weighted by atomic mass is 10.1. The lowest BCUT2D eigenvalue weighted by Crippen LogP contribution is -2.45. The minimum absolute atomic E-state index is 0.131. The molecule has 0 saturated heterocycles. The summed E-state index contributed by atoms with van der Waals surface area (Å²) in [7, 11) is 0. The van der Waals surface area contributed by atoms with Gasteiger partial charge in [-0.2, -0.15) is 0 Å². The van der Waals surface area contributed by atoms with Gasteiger partial charge in [-0.25, -0.2) is 9.37 Å². The predicted octanol–water partition coefficient (Wildman–Crippen LogP) is 4.44. The maximum Gasteiger partial charge on any atom is 0.267 e. The van der Waals surface area contributed by atoms with E-state index in [0.717, 1.165) is 11.0 Å². The summed E-state index contributed by atoms with van der Waals surface area (Å²) in [5.41, 5.74) is 3.31. The molecule has 1 aliphatic rings. The Bertz CT molecular complexity index is 1380. The van der Waals surface area contributed by atoms with E-state index in [0.29, 0.717) is 34.9 Å². The lowest BCUT2D eigenvalue weighted by Gasteiger charge is -2.32. The fourth-order valence-corrected chi connectivity index (χ4v) is 4.07. The van der Waals surface area contributed by atoms with E-state index in [9.17, 15) is 14.0 Å². The number of nitrogens with one attached hydrogen (secondary N) is 2. The standard InChI is InChI=1S/C26H23FN4O3/c1-16-26(33)31(22-8-4-5-9-23(22)34-16)13-12-25(32)28-18-10-11-20-21(15-18)30-24(29-20)14-17-6-2-3-7-19(17)27/h2-11,15-16H,12-14H2,1H3,(H,28,32)(H,29,30). The molecule has 0 spiro atoms. The fourth-order valence-electron chi connectivity index (χ4n) is 4.07. The number of anilines is 2. The van der Waals surface area contributed by atoms with E-state index in [2.05, 4.69) is 15.3 Å². The van der Waals surface area contributed by atoms with Crippen molar-refractivity contribution in [3.8, 4) is 5.75 Å². The molecule has 0 aliphatic carbocycles. The van der Waals surface area contributed by atoms with Gasteiger partial charge in [-0.15, -0.1) is 0 Å². The van der Waals surface area contributed by atoms with Crippen LogP contribution in [-0.2, 0) is 16.0 Å². The number of imidazole rings is 1. The molecule has 1 atom stereocenters. The highest BCUT2D eigenvalue weighted by molar-refractivity contribution is 6.01. The summed E-state index contributed by atoms with van der Waals surface area (Å²) in [4.78, 5) is 34.5. The zero-order valence-electron chi connectivity index (χ0n) is 18.5. The Balaban J connectivity index is 1.25. The van der Waals surface area contributed by atoms with Gasteiger partial charge in [-0.05, 0) is 48.9 Å². The largest absolute Gasteiger partial charge is 0.479 e. The third-order valence-electron chi connectivity index (χ3n) is 5.77. The molecule has 0 fully saturated rings. The number of nitrogens with zero attached hydrogens (tertiary/aromatic N) is 2. The number of carbonyl (C=O) groups is 2. The third kappa shape index (κ3) is 4.34. The fraction of sp³-hybridized carbons (Fsp3) is 0.192. The second-order valence-corrected chi connectivity index (χ2v) is 8.20. The van der Waals surface area contributed by atoms with Crippen LogP contribution < -0.4 is 15.0 Å². The van der Waals surface area contributed by atoms with E-state index in [-0.39, 0.29) is 30.6 Å². The number of aromatic amines is 1. The molecule has 0 bridgehead atoms. The molecular formula is C26H23FN4O3. The monoisotopic (exact) mass is 458 g/mol. The Hall–Kier alpha value is -4.20. The highest BCUT2D eigenvalue weighted by Gasteiger charge is 2.31. The van der Waals surface area contributed by atoms with Crippen molar-refractivity contribution in [1.29, 1.82) is 0 Å². The zero-order chi connectivity index (χ0) is 23.7. The summed E-state index contributed by atoms with van der Waals surface area (Å²) in [6.45, 7) is 1.94. The molecule has 2 heterocycles. The van der Waals surface area contributed by atoms with Crippen molar-refractivity contribution < 1.29 is 18.7 Å². The second kappa shape index (κ2) is 8.97. The molecule has 0 saturated carbocycles. The van der Waals surface area contributed by atoms with E-state index >= 15 is 0 Å². The maximum atomic E-state index is 14.0. The Labute approximate surface area is 195 Å². The van der Waals surface area contributed by atoms with Gasteiger partial charge in [0.15, 0.2) is 6.10 Å². The van der Waals surface area contributed by atoms with Crippen LogP contribution in [0, 0.1) is 5.82 Å². The first-order valence-corrected chi connectivity index (χ1v) is 11.1. The molecule has 1 aliphatic heterocycles. The number of fused-ring (bicyclic) bond motifs is 2. The number of carbonyl (C=O) groups excluding carboxylic acids is 2. The predicted molar refractivity (Wildman–Crippen MR) is 127 cm³/mol. The number of hydrogen-bond donors (Lipinski definition) is 2. The Morgan fingerprint density at radius 3 is 2.79 bits per heavy atom. The molecule has 1 unspecified atom stereocenters. The average Bonchev–Trinajstić information content (AvgIpc) is 3.22. The van der Waals surface area contributed by atoms with Crippen molar-refractivity contribution in [3.05, 3.63) is 83.9 Å². The second-order valence-electron chi connectivity index (χ2n) is 8.20. The highest BCUT2D eigenvalue weighted by atomic mass is 19.1. The number of ether oxygens (including phenoxy) is 1. The molecule has 5 rings (SSSR count). The van der Waals surface area contributed by atoms with E-state index in [1.54, 1.807) is 48.2 Å². The molecule has 2 N–H and O–H groups in total. The van der Waals surface area contributed by atoms with Crippen LogP contribution in [0.3, 0.4) is 0 Å². The number of H-pyrrole nitrogens is 1. The summed E-state index contributed by atoms with van der Waals surface area (Å²) in [6, 6.07) is 19.3. The zero-order valence-corrected chi connectivity index (χ0v) is 18.5. The number of amides is 2. The molecule has 8 heteroatoms. The van der Waals surface area contributed by atoms with Gasteiger partial charge in [0.25, 0.3) is 5.91 Å². The molecule has 4 aromatic rings. The molecule has 7 nitrogen and oxygen atoms in total. The van der Waals surface area contributed by atoms with Crippen LogP contribution in [0.5, 0.6) is 5.75 Å². The Morgan fingerprint density at radius 1 is 1.15 bits per heavy atom. The summed E-state index contributed by atoms with van der Waals surface area (Å²) in [5.74, 6) is 0.613. The van der Waals surface area contributed by atoms with Gasteiger partial charge in [-0.3, -0.25) is 9.59 Å². The number of benzene rings is 3. The Morgan fingerprint density at radius 2 is 1.94 bits per heavy atom. The van der Waals surface area contributed by atoms with Crippen molar-refractivity contribution in [3.63, 3.8) is 0 Å². The van der Waals surface area contributed by atoms with Gasteiger partial charge in [0.1, 0.15) is 17.4 Å². The van der Waals surface area contributed by atoms with Gasteiger partial charge in [0.2, 0.25) is 5.91 Å². The molecular weight excluding hydrogens is 435 g/mol. The number of halogens is 1. The van der Waals surface area contributed by atoms with Crippen LogP contribution in [0.15, 0.2) is 66.7 Å². The van der Waals surface area contributed by atoms with Gasteiger partial charge in [0, 0.05) is 25.1 Å². The molecule has 172 valence electrons. The molecule has 3 aromatic carbocycles. The van der Waals surface area contributed by atoms with E-state index < -0.39 is 6.10 Å². The van der Waals surface area contributed by atoms with Crippen LogP contribution in [0.4, 0.5) is 15.8 Å². The van der Waals surface area contributed by atoms with Crippen LogP contribution in [0.25, 0.3) is 11.0 Å². The first kappa shape index (κ1) is 21.6. The minimum Gasteiger partial charge on any atom is -0.479 e. The molecule has 34 heavy (non-hydrogen) atoms. The van der Waals surface area contributed by atoms with Crippen molar-refractivity contribution in [1.82, 2.24) is 9.97 Å². The Kier molecular flexibility index (Phi) is 5.71. The quantitative estimate of drug-likeness (QED) is 0.447. The SMILES string of the molecule is CC1Oc2ccccc2N(CCC(=O)Nc2ccc3nc(Cc4ccccc4F)[nH]c3c2)C1=O. The summed E-state index contributed by atoms with van der Waals surface area (Å²) in [5, 5.41) is 2.88. The lowest BCUT2D eigenvalue weighted by molar-refractivity contribution is -0.125. The molecule has 1 aromatic heterocycles. The number of rotatable bonds is 6. The molecule has 2 amide bonds. The van der Waals surface area contributed by atoms with Crippen LogP contribution in [0.2, 0.25) is 0 Å². The number of hydrogen-bond acceptors (Lipinski definition) is 4. The van der Waals surface area contributed by atoms with Crippen LogP contribution in [-0.4, -0.2) is 34.4 Å². The maximum absolute atomic E-state index is 14.0. The third-order valence-corrected chi connectivity index (χ3v) is 5.77. The van der Waals surface area contributed by atoms with E-state index in [4.69, 9.17) is 4.74 Å². The van der Waals surface area contributed by atoms with Crippen LogP contribution >= 0.6 is 0 Å². The summed E-state index contributed by atoms with van der Waals surface area (Å²) in [6.07, 6.45) is -0.123. The van der Waals surface area contributed by atoms with E-state index in [1.165, 1.54) is 6.07 Å². The van der Waals surface area contributed by atoms with Crippen molar-refractivity contribution >= 4 is 34.2 Å². The first-order chi connectivity index (χ1) is 16.5. The smallest absolute Gasteiger partial charge is 0.267 e. The van der Waals surface area contributed by atoms with Gasteiger partial charge >= 0.3 is 0 Å². The first-order valence-electron chi connectivity index (χ1n) is 11.1. The normalized spacial score (nSPS) is 15.2. The highest BCUT2D eigenvalue weighted by Crippen LogP contribution is 2.33.